The van der Waals surface area contributed by atoms with Gasteiger partial charge < -0.3 is 9.42 Å². The Morgan fingerprint density at radius 3 is 2.53 bits per heavy atom. The first-order valence-corrected chi connectivity index (χ1v) is 10.9. The van der Waals surface area contributed by atoms with Gasteiger partial charge in [0.25, 0.3) is 5.89 Å². The molecule has 4 aromatic rings. The molecule has 0 N–H and O–H groups in total. The summed E-state index contributed by atoms with van der Waals surface area (Å²) in [6, 6.07) is 18.1. The number of hydrogen-bond donors (Lipinski definition) is 0. The van der Waals surface area contributed by atoms with Gasteiger partial charge >= 0.3 is 0 Å². The number of carbonyl (C=O) groups excluding carboxylic acids is 1. The molecule has 1 amide bonds. The average Bonchev–Trinajstić information content (AvgIpc) is 3.43. The Balaban J connectivity index is 1.33. The van der Waals surface area contributed by atoms with Crippen molar-refractivity contribution in [3.05, 3.63) is 71.4 Å². The molecule has 0 saturated carbocycles. The van der Waals surface area contributed by atoms with Gasteiger partial charge in [0.15, 0.2) is 5.69 Å². The Hall–Kier alpha value is -3.74. The highest BCUT2D eigenvalue weighted by Gasteiger charge is 2.20. The third-order valence-electron chi connectivity index (χ3n) is 5.84. The molecule has 0 aliphatic carbocycles. The molecular weight excluding hydrogens is 402 g/mol. The van der Waals surface area contributed by atoms with Crippen LogP contribution in [0.1, 0.15) is 36.1 Å². The van der Waals surface area contributed by atoms with Crippen LogP contribution in [0.5, 0.6) is 0 Å². The van der Waals surface area contributed by atoms with Crippen LogP contribution in [-0.2, 0) is 11.3 Å². The third kappa shape index (κ3) is 4.06. The first-order valence-electron chi connectivity index (χ1n) is 10.9. The molecule has 2 aromatic heterocycles. The van der Waals surface area contributed by atoms with E-state index in [-0.39, 0.29) is 5.91 Å². The third-order valence-corrected chi connectivity index (χ3v) is 5.84. The van der Waals surface area contributed by atoms with E-state index in [1.807, 2.05) is 46.8 Å². The van der Waals surface area contributed by atoms with Crippen LogP contribution in [0.15, 0.2) is 59.1 Å². The number of rotatable bonds is 5. The minimum atomic E-state index is 0.183. The predicted molar refractivity (Wildman–Crippen MR) is 122 cm³/mol. The van der Waals surface area contributed by atoms with Gasteiger partial charge in [-0.3, -0.25) is 9.48 Å². The Bertz CT molecular complexity index is 1240. The summed E-state index contributed by atoms with van der Waals surface area (Å²) >= 11 is 0. The van der Waals surface area contributed by atoms with Crippen LogP contribution >= 0.6 is 0 Å². The second-order valence-corrected chi connectivity index (χ2v) is 8.29. The summed E-state index contributed by atoms with van der Waals surface area (Å²) in [4.78, 5) is 18.5. The number of carbonyl (C=O) groups is 1. The molecule has 0 unspecified atom stereocenters. The van der Waals surface area contributed by atoms with E-state index >= 15 is 0 Å². The maximum Gasteiger partial charge on any atom is 0.278 e. The molecule has 1 saturated heterocycles. The SMILES string of the molecule is Cc1ccc(Cn2nc(-c3nc(-c4ccc(N5CCCCC5=O)cc4)no3)cc2C)cc1. The zero-order chi connectivity index (χ0) is 22.1. The van der Waals surface area contributed by atoms with Crippen LogP contribution in [0.4, 0.5) is 5.69 Å². The van der Waals surface area contributed by atoms with Gasteiger partial charge in [0.05, 0.1) is 6.54 Å². The number of aryl methyl sites for hydroxylation is 2. The van der Waals surface area contributed by atoms with Crippen LogP contribution in [-0.4, -0.2) is 32.4 Å². The molecule has 3 heterocycles. The minimum absolute atomic E-state index is 0.183. The highest BCUT2D eigenvalue weighted by Crippen LogP contribution is 2.26. The van der Waals surface area contributed by atoms with Gasteiger partial charge in [0.2, 0.25) is 11.7 Å². The van der Waals surface area contributed by atoms with Crippen molar-refractivity contribution >= 4 is 11.6 Å². The second-order valence-electron chi connectivity index (χ2n) is 8.29. The standard InChI is InChI=1S/C25H25N5O2/c1-17-6-8-19(9-7-17)16-30-18(2)15-22(27-30)25-26-24(28-32-25)20-10-12-21(13-11-20)29-14-4-3-5-23(29)31/h6-13,15H,3-5,14,16H2,1-2H3. The fraction of sp³-hybridized carbons (Fsp3) is 0.280. The molecular formula is C25H25N5O2. The Kier molecular flexibility index (Phi) is 5.31. The van der Waals surface area contributed by atoms with E-state index < -0.39 is 0 Å². The lowest BCUT2D eigenvalue weighted by Crippen LogP contribution is -2.35. The number of nitrogens with zero attached hydrogens (tertiary/aromatic N) is 5. The van der Waals surface area contributed by atoms with Gasteiger partial charge in [-0.15, -0.1) is 0 Å². The van der Waals surface area contributed by atoms with E-state index in [1.165, 1.54) is 11.1 Å². The summed E-state index contributed by atoms with van der Waals surface area (Å²) in [5.41, 5.74) is 5.85. The maximum atomic E-state index is 12.1. The van der Waals surface area contributed by atoms with Crippen molar-refractivity contribution < 1.29 is 9.32 Å². The lowest BCUT2D eigenvalue weighted by molar-refractivity contribution is -0.119. The first-order chi connectivity index (χ1) is 15.6. The monoisotopic (exact) mass is 427 g/mol. The zero-order valence-electron chi connectivity index (χ0n) is 18.3. The molecule has 5 rings (SSSR count). The molecule has 1 fully saturated rings. The average molecular weight is 428 g/mol. The van der Waals surface area contributed by atoms with Gasteiger partial charge in [-0.1, -0.05) is 35.0 Å². The van der Waals surface area contributed by atoms with Crippen molar-refractivity contribution in [2.45, 2.75) is 39.7 Å². The van der Waals surface area contributed by atoms with E-state index in [0.29, 0.717) is 30.4 Å². The summed E-state index contributed by atoms with van der Waals surface area (Å²) < 4.78 is 7.44. The predicted octanol–water partition coefficient (Wildman–Crippen LogP) is 4.78. The van der Waals surface area contributed by atoms with E-state index in [1.54, 1.807) is 0 Å². The van der Waals surface area contributed by atoms with Crippen LogP contribution in [0.3, 0.4) is 0 Å². The van der Waals surface area contributed by atoms with Crippen LogP contribution in [0.2, 0.25) is 0 Å². The molecule has 1 aliphatic heterocycles. The molecule has 1 aliphatic rings. The summed E-state index contributed by atoms with van der Waals surface area (Å²) in [7, 11) is 0. The van der Waals surface area contributed by atoms with Crippen molar-refractivity contribution in [3.8, 4) is 23.0 Å². The van der Waals surface area contributed by atoms with Crippen molar-refractivity contribution in [1.82, 2.24) is 19.9 Å². The number of anilines is 1. The number of hydrogen-bond acceptors (Lipinski definition) is 5. The number of benzene rings is 2. The van der Waals surface area contributed by atoms with E-state index in [0.717, 1.165) is 36.3 Å². The lowest BCUT2D eigenvalue weighted by atomic mass is 10.1. The normalized spacial score (nSPS) is 14.2. The van der Waals surface area contributed by atoms with Crippen LogP contribution in [0, 0.1) is 13.8 Å². The van der Waals surface area contributed by atoms with Crippen LogP contribution in [0.25, 0.3) is 23.0 Å². The van der Waals surface area contributed by atoms with Crippen molar-refractivity contribution in [3.63, 3.8) is 0 Å². The van der Waals surface area contributed by atoms with Gasteiger partial charge in [0.1, 0.15) is 0 Å². The molecule has 7 heteroatoms. The van der Waals surface area contributed by atoms with Crippen molar-refractivity contribution in [1.29, 1.82) is 0 Å². The van der Waals surface area contributed by atoms with E-state index in [9.17, 15) is 4.79 Å². The molecule has 0 bridgehead atoms. The summed E-state index contributed by atoms with van der Waals surface area (Å²) in [5, 5.41) is 8.80. The smallest absolute Gasteiger partial charge is 0.278 e. The van der Waals surface area contributed by atoms with Crippen molar-refractivity contribution in [2.75, 3.05) is 11.4 Å². The topological polar surface area (TPSA) is 77.1 Å². The van der Waals surface area contributed by atoms with Gasteiger partial charge in [0, 0.05) is 29.9 Å². The lowest BCUT2D eigenvalue weighted by Gasteiger charge is -2.26. The summed E-state index contributed by atoms with van der Waals surface area (Å²) in [6.45, 7) is 5.55. The first kappa shape index (κ1) is 20.2. The molecule has 0 atom stereocenters. The largest absolute Gasteiger partial charge is 0.332 e. The van der Waals surface area contributed by atoms with E-state index in [4.69, 9.17) is 4.52 Å². The Morgan fingerprint density at radius 2 is 1.78 bits per heavy atom. The maximum absolute atomic E-state index is 12.1. The quantitative estimate of drug-likeness (QED) is 0.458. The Labute approximate surface area is 186 Å². The molecule has 32 heavy (non-hydrogen) atoms. The fourth-order valence-corrected chi connectivity index (χ4v) is 3.96. The summed E-state index contributed by atoms with van der Waals surface area (Å²) in [5.74, 6) is 1.07. The van der Waals surface area contributed by atoms with Crippen LogP contribution < -0.4 is 4.90 Å². The number of amides is 1. The van der Waals surface area contributed by atoms with Crippen molar-refractivity contribution in [2.24, 2.45) is 0 Å². The number of piperidine rings is 1. The molecule has 2 aromatic carbocycles. The second kappa shape index (κ2) is 8.42. The molecule has 7 nitrogen and oxygen atoms in total. The minimum Gasteiger partial charge on any atom is -0.332 e. The Morgan fingerprint density at radius 1 is 1.00 bits per heavy atom. The summed E-state index contributed by atoms with van der Waals surface area (Å²) in [6.07, 6.45) is 2.63. The van der Waals surface area contributed by atoms with E-state index in [2.05, 4.69) is 46.4 Å². The highest BCUT2D eigenvalue weighted by atomic mass is 16.5. The van der Waals surface area contributed by atoms with Gasteiger partial charge in [-0.2, -0.15) is 10.1 Å². The van der Waals surface area contributed by atoms with Gasteiger partial charge in [-0.25, -0.2) is 0 Å². The molecule has 162 valence electrons. The highest BCUT2D eigenvalue weighted by molar-refractivity contribution is 5.94. The van der Waals surface area contributed by atoms with Gasteiger partial charge in [-0.05, 0) is 62.6 Å². The zero-order valence-corrected chi connectivity index (χ0v) is 18.3. The molecule has 0 radical (unpaired) electrons. The number of aromatic nitrogens is 4. The fourth-order valence-electron chi connectivity index (χ4n) is 3.96. The molecule has 0 spiro atoms.